The molecule has 19 heavy (non-hydrogen) atoms. The van der Waals surface area contributed by atoms with Crippen molar-refractivity contribution in [1.29, 1.82) is 0 Å². The summed E-state index contributed by atoms with van der Waals surface area (Å²) in [6.45, 7) is 4.07. The van der Waals surface area contributed by atoms with E-state index in [1.54, 1.807) is 0 Å². The van der Waals surface area contributed by atoms with Crippen LogP contribution < -0.4 is 5.32 Å². The molecular weight excluding hydrogens is 240 g/mol. The molecule has 1 aromatic heterocycles. The van der Waals surface area contributed by atoms with Gasteiger partial charge in [0.25, 0.3) is 0 Å². The number of carbonyl (C=O) groups excluding carboxylic acids is 1. The van der Waals surface area contributed by atoms with Gasteiger partial charge in [0.2, 0.25) is 0 Å². The molecule has 0 atom stereocenters. The Morgan fingerprint density at radius 1 is 1.16 bits per heavy atom. The van der Waals surface area contributed by atoms with Crippen LogP contribution in [0.15, 0.2) is 42.5 Å². The van der Waals surface area contributed by atoms with Crippen molar-refractivity contribution in [3.05, 3.63) is 59.4 Å². The first-order valence-electron chi connectivity index (χ1n) is 6.06. The number of pyridine rings is 1. The highest BCUT2D eigenvalue weighted by Crippen LogP contribution is 2.09. The maximum absolute atomic E-state index is 11.6. The average molecular weight is 256 g/mol. The lowest BCUT2D eigenvalue weighted by Gasteiger charge is -2.08. The second-order valence-electron chi connectivity index (χ2n) is 4.33. The highest BCUT2D eigenvalue weighted by Gasteiger charge is 2.04. The molecule has 0 saturated carbocycles. The van der Waals surface area contributed by atoms with E-state index in [1.807, 2.05) is 56.3 Å². The third-order valence-corrected chi connectivity index (χ3v) is 2.53. The number of carbonyl (C=O) groups is 1. The fourth-order valence-corrected chi connectivity index (χ4v) is 1.83. The molecule has 1 amide bonds. The summed E-state index contributed by atoms with van der Waals surface area (Å²) < 4.78 is 5.16. The van der Waals surface area contributed by atoms with E-state index >= 15 is 0 Å². The van der Waals surface area contributed by atoms with Gasteiger partial charge >= 0.3 is 6.09 Å². The van der Waals surface area contributed by atoms with E-state index in [2.05, 4.69) is 10.3 Å². The van der Waals surface area contributed by atoms with Gasteiger partial charge in [-0.3, -0.25) is 10.3 Å². The molecule has 0 bridgehead atoms. The Balaban J connectivity index is 1.90. The number of nitrogens with one attached hydrogen (secondary N) is 1. The van der Waals surface area contributed by atoms with Gasteiger partial charge in [-0.25, -0.2) is 4.79 Å². The van der Waals surface area contributed by atoms with Crippen LogP contribution in [-0.2, 0) is 11.3 Å². The van der Waals surface area contributed by atoms with Crippen LogP contribution in [0.25, 0.3) is 0 Å². The molecule has 4 heteroatoms. The Kier molecular flexibility index (Phi) is 4.13. The standard InChI is InChI=1S/C15H16N2O2/c1-11-8-13(9-12(2)16-11)10-19-15(18)17-14-6-4-3-5-7-14/h3-9H,10H2,1-2H3,(H,17,18). The summed E-state index contributed by atoms with van der Waals surface area (Å²) in [5.41, 5.74) is 3.49. The zero-order valence-electron chi connectivity index (χ0n) is 11.0. The number of benzene rings is 1. The third kappa shape index (κ3) is 4.10. The summed E-state index contributed by atoms with van der Waals surface area (Å²) >= 11 is 0. The van der Waals surface area contributed by atoms with Crippen LogP contribution >= 0.6 is 0 Å². The molecule has 0 saturated heterocycles. The second kappa shape index (κ2) is 6.00. The number of hydrogen-bond donors (Lipinski definition) is 1. The molecule has 0 aliphatic rings. The van der Waals surface area contributed by atoms with Gasteiger partial charge in [0.1, 0.15) is 6.61 Å². The van der Waals surface area contributed by atoms with E-state index in [9.17, 15) is 4.79 Å². The number of ether oxygens (including phenoxy) is 1. The summed E-state index contributed by atoms with van der Waals surface area (Å²) in [6.07, 6.45) is -0.460. The van der Waals surface area contributed by atoms with Crippen LogP contribution in [0.2, 0.25) is 0 Å². The van der Waals surface area contributed by atoms with Crippen LogP contribution in [0.1, 0.15) is 17.0 Å². The smallest absolute Gasteiger partial charge is 0.411 e. The zero-order chi connectivity index (χ0) is 13.7. The van der Waals surface area contributed by atoms with Crippen LogP contribution in [0, 0.1) is 13.8 Å². The fraction of sp³-hybridized carbons (Fsp3) is 0.200. The minimum Gasteiger partial charge on any atom is -0.444 e. The molecule has 1 N–H and O–H groups in total. The van der Waals surface area contributed by atoms with Crippen molar-refractivity contribution < 1.29 is 9.53 Å². The van der Waals surface area contributed by atoms with Crippen molar-refractivity contribution in [3.63, 3.8) is 0 Å². The minimum atomic E-state index is -0.460. The number of para-hydroxylation sites is 1. The number of aryl methyl sites for hydroxylation is 2. The molecule has 0 unspecified atom stereocenters. The van der Waals surface area contributed by atoms with Gasteiger partial charge < -0.3 is 4.74 Å². The molecule has 0 aliphatic carbocycles. The summed E-state index contributed by atoms with van der Waals surface area (Å²) in [4.78, 5) is 15.9. The average Bonchev–Trinajstić information content (AvgIpc) is 2.36. The monoisotopic (exact) mass is 256 g/mol. The minimum absolute atomic E-state index is 0.239. The van der Waals surface area contributed by atoms with Crippen molar-refractivity contribution in [2.24, 2.45) is 0 Å². The van der Waals surface area contributed by atoms with Gasteiger partial charge in [0.15, 0.2) is 0 Å². The normalized spacial score (nSPS) is 10.0. The molecule has 1 heterocycles. The summed E-state index contributed by atoms with van der Waals surface area (Å²) in [5, 5.41) is 2.66. The highest BCUT2D eigenvalue weighted by molar-refractivity contribution is 5.84. The van der Waals surface area contributed by atoms with Crippen molar-refractivity contribution in [1.82, 2.24) is 4.98 Å². The number of anilines is 1. The molecular formula is C15H16N2O2. The Morgan fingerprint density at radius 2 is 1.79 bits per heavy atom. The molecule has 98 valence electrons. The Hall–Kier alpha value is -2.36. The lowest BCUT2D eigenvalue weighted by Crippen LogP contribution is -2.13. The number of rotatable bonds is 3. The largest absolute Gasteiger partial charge is 0.444 e. The first-order valence-corrected chi connectivity index (χ1v) is 6.06. The molecule has 2 aromatic rings. The Labute approximate surface area is 112 Å². The summed E-state index contributed by atoms with van der Waals surface area (Å²) in [6, 6.07) is 13.0. The van der Waals surface area contributed by atoms with E-state index < -0.39 is 6.09 Å². The predicted octanol–water partition coefficient (Wildman–Crippen LogP) is 3.45. The van der Waals surface area contributed by atoms with E-state index in [-0.39, 0.29) is 6.61 Å². The molecule has 0 aliphatic heterocycles. The maximum Gasteiger partial charge on any atom is 0.411 e. The number of amides is 1. The molecule has 0 spiro atoms. The van der Waals surface area contributed by atoms with Gasteiger partial charge in [-0.2, -0.15) is 0 Å². The first-order chi connectivity index (χ1) is 9.13. The van der Waals surface area contributed by atoms with E-state index in [0.717, 1.165) is 22.6 Å². The molecule has 1 aromatic carbocycles. The van der Waals surface area contributed by atoms with Crippen LogP contribution in [0.4, 0.5) is 10.5 Å². The van der Waals surface area contributed by atoms with Crippen LogP contribution in [0.3, 0.4) is 0 Å². The van der Waals surface area contributed by atoms with Gasteiger partial charge in [-0.15, -0.1) is 0 Å². The lowest BCUT2D eigenvalue weighted by molar-refractivity contribution is 0.155. The predicted molar refractivity (Wildman–Crippen MR) is 74.0 cm³/mol. The quantitative estimate of drug-likeness (QED) is 0.915. The third-order valence-electron chi connectivity index (χ3n) is 2.53. The molecule has 0 fully saturated rings. The van der Waals surface area contributed by atoms with Crippen LogP contribution in [0.5, 0.6) is 0 Å². The van der Waals surface area contributed by atoms with Crippen LogP contribution in [-0.4, -0.2) is 11.1 Å². The maximum atomic E-state index is 11.6. The summed E-state index contributed by atoms with van der Waals surface area (Å²) in [5.74, 6) is 0. The van der Waals surface area contributed by atoms with Crippen molar-refractivity contribution in [2.45, 2.75) is 20.5 Å². The lowest BCUT2D eigenvalue weighted by atomic mass is 10.2. The van der Waals surface area contributed by atoms with E-state index in [4.69, 9.17) is 4.74 Å². The van der Waals surface area contributed by atoms with Gasteiger partial charge in [0.05, 0.1) is 0 Å². The Bertz CT molecular complexity index is 547. The first kappa shape index (κ1) is 13.1. The zero-order valence-corrected chi connectivity index (χ0v) is 11.0. The summed E-state index contributed by atoms with van der Waals surface area (Å²) in [7, 11) is 0. The second-order valence-corrected chi connectivity index (χ2v) is 4.33. The molecule has 2 rings (SSSR count). The number of aromatic nitrogens is 1. The molecule has 0 radical (unpaired) electrons. The SMILES string of the molecule is Cc1cc(COC(=O)Nc2ccccc2)cc(C)n1. The van der Waals surface area contributed by atoms with E-state index in [0.29, 0.717) is 0 Å². The van der Waals surface area contributed by atoms with Gasteiger partial charge in [0, 0.05) is 17.1 Å². The van der Waals surface area contributed by atoms with E-state index in [1.165, 1.54) is 0 Å². The van der Waals surface area contributed by atoms with Crippen molar-refractivity contribution in [3.8, 4) is 0 Å². The topological polar surface area (TPSA) is 51.2 Å². The van der Waals surface area contributed by atoms with Gasteiger partial charge in [-0.1, -0.05) is 18.2 Å². The van der Waals surface area contributed by atoms with Crippen molar-refractivity contribution in [2.75, 3.05) is 5.32 Å². The molecule has 4 nitrogen and oxygen atoms in total. The fourth-order valence-electron chi connectivity index (χ4n) is 1.83. The number of hydrogen-bond acceptors (Lipinski definition) is 3. The highest BCUT2D eigenvalue weighted by atomic mass is 16.5. The van der Waals surface area contributed by atoms with Crippen molar-refractivity contribution >= 4 is 11.8 Å². The Morgan fingerprint density at radius 3 is 2.42 bits per heavy atom. The number of nitrogens with zero attached hydrogens (tertiary/aromatic N) is 1. The van der Waals surface area contributed by atoms with Gasteiger partial charge in [-0.05, 0) is 43.7 Å².